The summed E-state index contributed by atoms with van der Waals surface area (Å²) in [5.74, 6) is -0.819. The lowest BCUT2D eigenvalue weighted by atomic mass is 10.1. The standard InChI is InChI=1S/C18H16Cl3N5O/c1-12-7-9-13(10-8-12)15(27)26-17(23,18(19,20)21)16(24-11-22)25-14-5-3-2-4-6-14/h2-10H,23H2,1H3,(H,24,25)(H,26,27). The van der Waals surface area contributed by atoms with Crippen LogP contribution in [0.4, 0.5) is 5.69 Å². The minimum atomic E-state index is -2.22. The fraction of sp³-hybridized carbons (Fsp3) is 0.167. The molecular formula is C18H16Cl3N5O. The summed E-state index contributed by atoms with van der Waals surface area (Å²) in [6.07, 6.45) is 1.60. The van der Waals surface area contributed by atoms with Gasteiger partial charge in [0.2, 0.25) is 9.99 Å². The zero-order chi connectivity index (χ0) is 20.1. The van der Waals surface area contributed by atoms with Gasteiger partial charge in [-0.15, -0.1) is 0 Å². The van der Waals surface area contributed by atoms with Gasteiger partial charge < -0.3 is 10.6 Å². The van der Waals surface area contributed by atoms with Gasteiger partial charge in [0, 0.05) is 11.3 Å². The zero-order valence-corrected chi connectivity index (χ0v) is 16.5. The third-order valence-electron chi connectivity index (χ3n) is 3.64. The molecule has 140 valence electrons. The first kappa shape index (κ1) is 21.0. The zero-order valence-electron chi connectivity index (χ0n) is 14.2. The molecule has 0 aliphatic carbocycles. The Hall–Kier alpha value is -2.30. The molecule has 2 aromatic carbocycles. The van der Waals surface area contributed by atoms with E-state index in [0.29, 0.717) is 11.3 Å². The Labute approximate surface area is 171 Å². The van der Waals surface area contributed by atoms with Crippen molar-refractivity contribution in [3.63, 3.8) is 0 Å². The molecule has 0 saturated carbocycles. The van der Waals surface area contributed by atoms with Crippen LogP contribution >= 0.6 is 34.8 Å². The number of rotatable bonds is 4. The number of halogens is 3. The molecule has 0 fully saturated rings. The smallest absolute Gasteiger partial charge is 0.253 e. The minimum absolute atomic E-state index is 0.225. The molecule has 9 heteroatoms. The van der Waals surface area contributed by atoms with Crippen LogP contribution in [0.25, 0.3) is 0 Å². The number of nitrogens with zero attached hydrogens (tertiary/aromatic N) is 2. The summed E-state index contributed by atoms with van der Waals surface area (Å²) in [6, 6.07) is 15.4. The lowest BCUT2D eigenvalue weighted by molar-refractivity contribution is 0.0925. The predicted octanol–water partition coefficient (Wildman–Crippen LogP) is 3.74. The Morgan fingerprint density at radius 2 is 1.70 bits per heavy atom. The predicted molar refractivity (Wildman–Crippen MR) is 109 cm³/mol. The van der Waals surface area contributed by atoms with Crippen LogP contribution in [0.2, 0.25) is 0 Å². The van der Waals surface area contributed by atoms with Crippen LogP contribution in [0.1, 0.15) is 15.9 Å². The summed E-state index contributed by atoms with van der Waals surface area (Å²) >= 11 is 18.2. The Kier molecular flexibility index (Phi) is 6.68. The monoisotopic (exact) mass is 423 g/mol. The highest BCUT2D eigenvalue weighted by Crippen LogP contribution is 2.36. The van der Waals surface area contributed by atoms with Gasteiger partial charge in [-0.05, 0) is 31.2 Å². The highest BCUT2D eigenvalue weighted by Gasteiger charge is 2.51. The second-order valence-corrected chi connectivity index (χ2v) is 7.96. The number of amides is 1. The molecule has 1 unspecified atom stereocenters. The van der Waals surface area contributed by atoms with Crippen LogP contribution in [0.3, 0.4) is 0 Å². The molecule has 2 aromatic rings. The van der Waals surface area contributed by atoms with E-state index in [1.54, 1.807) is 60.8 Å². The molecule has 0 saturated heterocycles. The van der Waals surface area contributed by atoms with E-state index < -0.39 is 15.4 Å². The molecular weight excluding hydrogens is 409 g/mol. The van der Waals surface area contributed by atoms with Gasteiger partial charge in [-0.3, -0.25) is 10.5 Å². The summed E-state index contributed by atoms with van der Waals surface area (Å²) < 4.78 is -2.22. The van der Waals surface area contributed by atoms with Gasteiger partial charge in [0.1, 0.15) is 0 Å². The molecule has 0 heterocycles. The number of para-hydroxylation sites is 1. The molecule has 1 atom stereocenters. The van der Waals surface area contributed by atoms with Crippen LogP contribution in [0, 0.1) is 18.4 Å². The molecule has 0 spiro atoms. The number of hydrogen-bond acceptors (Lipinski definition) is 4. The molecule has 6 nitrogen and oxygen atoms in total. The largest absolute Gasteiger partial charge is 0.340 e. The molecule has 0 aliphatic heterocycles. The maximum atomic E-state index is 12.6. The van der Waals surface area contributed by atoms with Gasteiger partial charge >= 0.3 is 0 Å². The number of nitrogens with one attached hydrogen (secondary N) is 2. The van der Waals surface area contributed by atoms with E-state index >= 15 is 0 Å². The number of carbonyl (C=O) groups is 1. The molecule has 27 heavy (non-hydrogen) atoms. The van der Waals surface area contributed by atoms with Crippen molar-refractivity contribution in [3.05, 3.63) is 65.7 Å². The van der Waals surface area contributed by atoms with Crippen molar-refractivity contribution in [1.82, 2.24) is 5.32 Å². The van der Waals surface area contributed by atoms with E-state index in [1.165, 1.54) is 0 Å². The Balaban J connectivity index is 2.41. The van der Waals surface area contributed by atoms with E-state index in [4.69, 9.17) is 45.8 Å². The van der Waals surface area contributed by atoms with E-state index in [0.717, 1.165) is 5.56 Å². The average molecular weight is 425 g/mol. The van der Waals surface area contributed by atoms with Gasteiger partial charge in [0.25, 0.3) is 5.91 Å². The lowest BCUT2D eigenvalue weighted by Gasteiger charge is -2.37. The number of amidine groups is 1. The number of nitrogens with two attached hydrogens (primary N) is 1. The normalized spacial score (nSPS) is 14.0. The van der Waals surface area contributed by atoms with Crippen LogP contribution in [0.5, 0.6) is 0 Å². The first-order valence-electron chi connectivity index (χ1n) is 7.71. The van der Waals surface area contributed by atoms with Crippen LogP contribution < -0.4 is 16.4 Å². The summed E-state index contributed by atoms with van der Waals surface area (Å²) in [6.45, 7) is 1.89. The fourth-order valence-electron chi connectivity index (χ4n) is 2.14. The summed E-state index contributed by atoms with van der Waals surface area (Å²) in [7, 11) is 0. The Morgan fingerprint density at radius 3 is 2.22 bits per heavy atom. The number of aryl methyl sites for hydroxylation is 1. The van der Waals surface area contributed by atoms with Gasteiger partial charge in [-0.2, -0.15) is 10.3 Å². The molecule has 0 aliphatic rings. The molecule has 2 rings (SSSR count). The van der Waals surface area contributed by atoms with Crippen LogP contribution in [-0.4, -0.2) is 21.2 Å². The SMILES string of the molecule is Cc1ccc(C(=O)NC(N)(C(=NC#N)Nc2ccccc2)C(Cl)(Cl)Cl)cc1. The second-order valence-electron chi connectivity index (χ2n) is 5.68. The number of hydrogen-bond donors (Lipinski definition) is 3. The van der Waals surface area contributed by atoms with E-state index in [-0.39, 0.29) is 5.84 Å². The topological polar surface area (TPSA) is 103 Å². The molecule has 1 amide bonds. The Bertz CT molecular complexity index is 873. The number of benzene rings is 2. The van der Waals surface area contributed by atoms with Crippen LogP contribution in [-0.2, 0) is 0 Å². The van der Waals surface area contributed by atoms with Crippen LogP contribution in [0.15, 0.2) is 59.6 Å². The van der Waals surface area contributed by atoms with E-state index in [9.17, 15) is 4.79 Å². The summed E-state index contributed by atoms with van der Waals surface area (Å²) in [5.41, 5.74) is 5.97. The van der Waals surface area contributed by atoms with Gasteiger partial charge in [0.15, 0.2) is 11.5 Å². The van der Waals surface area contributed by atoms with E-state index in [2.05, 4.69) is 15.6 Å². The number of aliphatic imine (C=N–C) groups is 1. The highest BCUT2D eigenvalue weighted by atomic mass is 35.6. The van der Waals surface area contributed by atoms with Crippen molar-refractivity contribution >= 4 is 52.2 Å². The molecule has 0 bridgehead atoms. The van der Waals surface area contributed by atoms with Crippen molar-refractivity contribution in [1.29, 1.82) is 5.26 Å². The first-order chi connectivity index (χ1) is 12.7. The van der Waals surface area contributed by atoms with Crippen molar-refractivity contribution in [2.45, 2.75) is 16.4 Å². The number of anilines is 1. The fourth-order valence-corrected chi connectivity index (χ4v) is 2.55. The molecule has 0 radical (unpaired) electrons. The van der Waals surface area contributed by atoms with Crippen molar-refractivity contribution < 1.29 is 4.79 Å². The van der Waals surface area contributed by atoms with Gasteiger partial charge in [-0.1, -0.05) is 70.7 Å². The third-order valence-corrected chi connectivity index (χ3v) is 4.54. The quantitative estimate of drug-likeness (QED) is 0.229. The maximum Gasteiger partial charge on any atom is 0.253 e. The minimum Gasteiger partial charge on any atom is -0.340 e. The van der Waals surface area contributed by atoms with Crippen molar-refractivity contribution in [2.75, 3.05) is 5.32 Å². The van der Waals surface area contributed by atoms with E-state index in [1.807, 2.05) is 6.92 Å². The van der Waals surface area contributed by atoms with Gasteiger partial charge in [0.05, 0.1) is 0 Å². The number of nitriles is 1. The van der Waals surface area contributed by atoms with Crippen molar-refractivity contribution in [3.8, 4) is 6.19 Å². The molecule has 4 N–H and O–H groups in total. The van der Waals surface area contributed by atoms with Gasteiger partial charge in [-0.25, -0.2) is 0 Å². The molecule has 0 aromatic heterocycles. The third kappa shape index (κ3) is 5.12. The summed E-state index contributed by atoms with van der Waals surface area (Å²) in [5, 5.41) is 14.4. The first-order valence-corrected chi connectivity index (χ1v) is 8.85. The number of alkyl halides is 3. The summed E-state index contributed by atoms with van der Waals surface area (Å²) in [4.78, 5) is 16.3. The lowest BCUT2D eigenvalue weighted by Crippen LogP contribution is -2.70. The maximum absolute atomic E-state index is 12.6. The Morgan fingerprint density at radius 1 is 1.11 bits per heavy atom. The second kappa shape index (κ2) is 8.59. The average Bonchev–Trinajstić information content (AvgIpc) is 2.61. The highest BCUT2D eigenvalue weighted by molar-refractivity contribution is 6.69. The van der Waals surface area contributed by atoms with Crippen molar-refractivity contribution in [2.24, 2.45) is 10.7 Å². The number of carbonyl (C=O) groups excluding carboxylic acids is 1.